The second-order valence-corrected chi connectivity index (χ2v) is 3.54. The Balaban J connectivity index is 2.90. The Bertz CT molecular complexity index is 424. The van der Waals surface area contributed by atoms with Gasteiger partial charge >= 0.3 is 5.97 Å². The number of nitrogens with zero attached hydrogens (tertiary/aromatic N) is 1. The first-order valence-corrected chi connectivity index (χ1v) is 5.45. The average Bonchev–Trinajstić information content (AvgIpc) is 2.34. The van der Waals surface area contributed by atoms with E-state index in [1.807, 2.05) is 6.92 Å². The molecule has 0 radical (unpaired) electrons. The first-order valence-electron chi connectivity index (χ1n) is 5.45. The Morgan fingerprint density at radius 2 is 2.24 bits per heavy atom. The van der Waals surface area contributed by atoms with Crippen LogP contribution in [0.4, 0.5) is 0 Å². The van der Waals surface area contributed by atoms with E-state index in [0.717, 1.165) is 6.42 Å². The van der Waals surface area contributed by atoms with Crippen molar-refractivity contribution in [2.75, 3.05) is 6.61 Å². The zero-order valence-corrected chi connectivity index (χ0v) is 9.97. The van der Waals surface area contributed by atoms with Gasteiger partial charge in [-0.05, 0) is 31.1 Å². The van der Waals surface area contributed by atoms with Crippen molar-refractivity contribution in [3.05, 3.63) is 35.7 Å². The van der Waals surface area contributed by atoms with E-state index >= 15 is 0 Å². The summed E-state index contributed by atoms with van der Waals surface area (Å²) in [5.74, 6) is -0.891. The van der Waals surface area contributed by atoms with E-state index in [0.29, 0.717) is 12.2 Å². The molecular weight excluding hydrogens is 218 g/mol. The fourth-order valence-electron chi connectivity index (χ4n) is 1.20. The highest BCUT2D eigenvalue weighted by Gasteiger charge is 2.15. The van der Waals surface area contributed by atoms with Crippen LogP contribution in [0.15, 0.2) is 30.1 Å². The predicted octanol–water partition coefficient (Wildman–Crippen LogP) is 2.01. The van der Waals surface area contributed by atoms with Gasteiger partial charge in [-0.3, -0.25) is 9.78 Å². The molecular formula is C13H15NO3. The third-order valence-electron chi connectivity index (χ3n) is 2.03. The molecule has 4 nitrogen and oxygen atoms in total. The third-order valence-corrected chi connectivity index (χ3v) is 2.03. The van der Waals surface area contributed by atoms with E-state index < -0.39 is 5.97 Å². The number of pyridine rings is 1. The number of hydrogen-bond acceptors (Lipinski definition) is 4. The topological polar surface area (TPSA) is 56.3 Å². The molecule has 0 aromatic carbocycles. The smallest absolute Gasteiger partial charge is 0.341 e. The number of ether oxygens (including phenoxy) is 1. The summed E-state index contributed by atoms with van der Waals surface area (Å²) in [6.45, 7) is 3.55. The van der Waals surface area contributed by atoms with Crippen molar-refractivity contribution in [2.45, 2.75) is 20.3 Å². The lowest BCUT2D eigenvalue weighted by atomic mass is 10.1. The number of carbonyl (C=O) groups is 2. The van der Waals surface area contributed by atoms with Crippen LogP contribution >= 0.6 is 0 Å². The number of esters is 1. The Hall–Kier alpha value is -1.97. The summed E-state index contributed by atoms with van der Waals surface area (Å²) in [6, 6.07) is 3.50. The summed E-state index contributed by atoms with van der Waals surface area (Å²) in [4.78, 5) is 26.9. The van der Waals surface area contributed by atoms with E-state index in [1.165, 1.54) is 13.0 Å². The van der Waals surface area contributed by atoms with Crippen molar-refractivity contribution in [3.63, 3.8) is 0 Å². The van der Waals surface area contributed by atoms with Crippen molar-refractivity contribution < 1.29 is 14.3 Å². The van der Waals surface area contributed by atoms with E-state index in [2.05, 4.69) is 4.98 Å². The lowest BCUT2D eigenvalue weighted by molar-refractivity contribution is -0.140. The molecule has 0 unspecified atom stereocenters. The number of Topliss-reactive ketones (excluding diaryl/α,β-unsaturated/α-hetero) is 1. The second kappa shape index (κ2) is 6.58. The second-order valence-electron chi connectivity index (χ2n) is 3.54. The first-order chi connectivity index (χ1) is 8.15. The summed E-state index contributed by atoms with van der Waals surface area (Å²) >= 11 is 0. The van der Waals surface area contributed by atoms with Gasteiger partial charge in [0, 0.05) is 12.4 Å². The van der Waals surface area contributed by atoms with Crippen LogP contribution in [-0.4, -0.2) is 23.3 Å². The fraction of sp³-hybridized carbons (Fsp3) is 0.308. The fourth-order valence-corrected chi connectivity index (χ4v) is 1.20. The van der Waals surface area contributed by atoms with Gasteiger partial charge in [0.25, 0.3) is 0 Å². The van der Waals surface area contributed by atoms with Gasteiger partial charge in [0.1, 0.15) is 5.57 Å². The Labute approximate surface area is 100 Å². The minimum absolute atomic E-state index is 0.0476. The molecule has 0 saturated carbocycles. The van der Waals surface area contributed by atoms with Crippen LogP contribution in [0.5, 0.6) is 0 Å². The standard InChI is InChI=1S/C13H15NO3/c1-3-7-17-13(16)12(10(2)15)8-11-5-4-6-14-9-11/h4-6,8-9H,3,7H2,1-2H3. The molecule has 0 aliphatic heterocycles. The normalized spacial score (nSPS) is 11.1. The number of rotatable bonds is 5. The summed E-state index contributed by atoms with van der Waals surface area (Å²) < 4.78 is 4.94. The molecule has 17 heavy (non-hydrogen) atoms. The minimum atomic E-state index is -0.580. The van der Waals surface area contributed by atoms with Gasteiger partial charge in [-0.15, -0.1) is 0 Å². The van der Waals surface area contributed by atoms with Gasteiger partial charge in [0.05, 0.1) is 6.61 Å². The van der Waals surface area contributed by atoms with E-state index in [1.54, 1.807) is 24.5 Å². The molecule has 1 aromatic rings. The molecule has 0 aliphatic rings. The van der Waals surface area contributed by atoms with Crippen LogP contribution < -0.4 is 0 Å². The predicted molar refractivity (Wildman–Crippen MR) is 64.1 cm³/mol. The van der Waals surface area contributed by atoms with Gasteiger partial charge in [-0.1, -0.05) is 13.0 Å². The summed E-state index contributed by atoms with van der Waals surface area (Å²) in [6.07, 6.45) is 5.42. The van der Waals surface area contributed by atoms with Crippen molar-refractivity contribution in [1.29, 1.82) is 0 Å². The minimum Gasteiger partial charge on any atom is -0.462 e. The van der Waals surface area contributed by atoms with Crippen LogP contribution in [0.1, 0.15) is 25.8 Å². The maximum Gasteiger partial charge on any atom is 0.341 e. The molecule has 1 aromatic heterocycles. The molecule has 4 heteroatoms. The number of ketones is 1. The third kappa shape index (κ3) is 4.18. The van der Waals surface area contributed by atoms with Crippen LogP contribution in [0.25, 0.3) is 6.08 Å². The molecule has 1 heterocycles. The quantitative estimate of drug-likeness (QED) is 0.338. The van der Waals surface area contributed by atoms with Crippen molar-refractivity contribution in [3.8, 4) is 0 Å². The molecule has 0 aliphatic carbocycles. The molecule has 0 N–H and O–H groups in total. The molecule has 0 saturated heterocycles. The molecule has 0 atom stereocenters. The Morgan fingerprint density at radius 3 is 2.76 bits per heavy atom. The molecule has 1 rings (SSSR count). The summed E-state index contributed by atoms with van der Waals surface area (Å²) in [5, 5.41) is 0. The van der Waals surface area contributed by atoms with Gasteiger partial charge in [0.15, 0.2) is 5.78 Å². The van der Waals surface area contributed by atoms with Crippen LogP contribution in [-0.2, 0) is 14.3 Å². The average molecular weight is 233 g/mol. The van der Waals surface area contributed by atoms with Crippen molar-refractivity contribution in [1.82, 2.24) is 4.98 Å². The van der Waals surface area contributed by atoms with Crippen molar-refractivity contribution >= 4 is 17.8 Å². The maximum absolute atomic E-state index is 11.6. The Morgan fingerprint density at radius 1 is 1.47 bits per heavy atom. The zero-order chi connectivity index (χ0) is 12.7. The lowest BCUT2D eigenvalue weighted by Gasteiger charge is -2.04. The van der Waals surface area contributed by atoms with Crippen molar-refractivity contribution in [2.24, 2.45) is 0 Å². The highest BCUT2D eigenvalue weighted by Crippen LogP contribution is 2.08. The van der Waals surface area contributed by atoms with Crippen LogP contribution in [0.3, 0.4) is 0 Å². The molecule has 0 spiro atoms. The van der Waals surface area contributed by atoms with E-state index in [-0.39, 0.29) is 11.4 Å². The zero-order valence-electron chi connectivity index (χ0n) is 9.97. The summed E-state index contributed by atoms with van der Waals surface area (Å²) in [5.41, 5.74) is 0.748. The first kappa shape index (κ1) is 13.1. The van der Waals surface area contributed by atoms with Gasteiger partial charge in [0.2, 0.25) is 0 Å². The van der Waals surface area contributed by atoms with E-state index in [9.17, 15) is 9.59 Å². The molecule has 0 fully saturated rings. The SMILES string of the molecule is CCCOC(=O)C(=Cc1cccnc1)C(C)=O. The molecule has 90 valence electrons. The largest absolute Gasteiger partial charge is 0.462 e. The highest BCUT2D eigenvalue weighted by atomic mass is 16.5. The van der Waals surface area contributed by atoms with Gasteiger partial charge < -0.3 is 4.74 Å². The maximum atomic E-state index is 11.6. The monoisotopic (exact) mass is 233 g/mol. The van der Waals surface area contributed by atoms with Gasteiger partial charge in [-0.25, -0.2) is 4.79 Å². The molecule has 0 bridgehead atoms. The Kier molecular flexibility index (Phi) is 5.07. The lowest BCUT2D eigenvalue weighted by Crippen LogP contribution is -2.14. The molecule has 0 amide bonds. The highest BCUT2D eigenvalue weighted by molar-refractivity contribution is 6.19. The number of hydrogen-bond donors (Lipinski definition) is 0. The number of aromatic nitrogens is 1. The summed E-state index contributed by atoms with van der Waals surface area (Å²) in [7, 11) is 0. The number of carbonyl (C=O) groups excluding carboxylic acids is 2. The van der Waals surface area contributed by atoms with Gasteiger partial charge in [-0.2, -0.15) is 0 Å². The van der Waals surface area contributed by atoms with E-state index in [4.69, 9.17) is 4.74 Å². The van der Waals surface area contributed by atoms with Crippen LogP contribution in [0.2, 0.25) is 0 Å². The van der Waals surface area contributed by atoms with Crippen LogP contribution in [0, 0.1) is 0 Å².